The fourth-order valence-electron chi connectivity index (χ4n) is 4.03. The highest BCUT2D eigenvalue weighted by molar-refractivity contribution is 7.89. The molecule has 0 spiro atoms. The van der Waals surface area contributed by atoms with Gasteiger partial charge in [-0.25, -0.2) is 12.8 Å². The summed E-state index contributed by atoms with van der Waals surface area (Å²) in [5.74, 6) is -0.248. The van der Waals surface area contributed by atoms with E-state index in [1.807, 2.05) is 4.90 Å². The largest absolute Gasteiger partial charge is 0.379 e. The van der Waals surface area contributed by atoms with Gasteiger partial charge >= 0.3 is 0 Å². The van der Waals surface area contributed by atoms with E-state index in [4.69, 9.17) is 4.74 Å². The summed E-state index contributed by atoms with van der Waals surface area (Å²) in [6.07, 6.45) is 0. The number of nitro groups is 1. The first-order valence-electron chi connectivity index (χ1n) is 10.4. The van der Waals surface area contributed by atoms with E-state index < -0.39 is 14.9 Å². The Labute approximate surface area is 186 Å². The Hall–Kier alpha value is -2.60. The summed E-state index contributed by atoms with van der Waals surface area (Å²) in [5.41, 5.74) is 0.771. The van der Waals surface area contributed by atoms with Gasteiger partial charge in [0.15, 0.2) is 0 Å². The summed E-state index contributed by atoms with van der Waals surface area (Å²) in [6, 6.07) is 10.7. The van der Waals surface area contributed by atoms with Crippen molar-refractivity contribution < 1.29 is 22.5 Å². The first-order chi connectivity index (χ1) is 15.4. The zero-order chi connectivity index (χ0) is 22.7. The van der Waals surface area contributed by atoms with E-state index in [0.29, 0.717) is 57.2 Å². The lowest BCUT2D eigenvalue weighted by Gasteiger charge is -2.36. The predicted molar refractivity (Wildman–Crippen MR) is 117 cm³/mol. The Balaban J connectivity index is 1.49. The van der Waals surface area contributed by atoms with Gasteiger partial charge in [0.2, 0.25) is 10.0 Å². The van der Waals surface area contributed by atoms with Crippen LogP contribution in [0.25, 0.3) is 0 Å². The molecule has 11 heteroatoms. The lowest BCUT2D eigenvalue weighted by molar-refractivity contribution is -0.384. The zero-order valence-electron chi connectivity index (χ0n) is 17.5. The minimum atomic E-state index is -3.83. The third kappa shape index (κ3) is 4.75. The topological polar surface area (TPSA) is 96.2 Å². The molecule has 0 unspecified atom stereocenters. The standard InChI is InChI=1S/C21H25FN4O5S/c22-19-4-2-1-3-17(19)16-23-7-9-24(10-8-23)20-6-5-18(15-21(20)26(27)28)32(29,30)25-11-13-31-14-12-25/h1-6,15H,7-14,16H2. The van der Waals surface area contributed by atoms with Gasteiger partial charge in [-0.2, -0.15) is 4.31 Å². The molecule has 32 heavy (non-hydrogen) atoms. The first-order valence-corrected chi connectivity index (χ1v) is 11.9. The van der Waals surface area contributed by atoms with Gasteiger partial charge in [-0.3, -0.25) is 15.0 Å². The van der Waals surface area contributed by atoms with Crippen LogP contribution in [-0.2, 0) is 21.3 Å². The molecule has 4 rings (SSSR count). The van der Waals surface area contributed by atoms with E-state index in [-0.39, 0.29) is 29.5 Å². The number of morpholine rings is 1. The smallest absolute Gasteiger partial charge is 0.293 e. The summed E-state index contributed by atoms with van der Waals surface area (Å²) in [4.78, 5) is 15.1. The number of hydrogen-bond donors (Lipinski definition) is 0. The molecular weight excluding hydrogens is 439 g/mol. The summed E-state index contributed by atoms with van der Waals surface area (Å²) in [6.45, 7) is 3.78. The van der Waals surface area contributed by atoms with Crippen LogP contribution in [0.5, 0.6) is 0 Å². The van der Waals surface area contributed by atoms with Crippen molar-refractivity contribution in [3.63, 3.8) is 0 Å². The van der Waals surface area contributed by atoms with Crippen LogP contribution in [0.2, 0.25) is 0 Å². The lowest BCUT2D eigenvalue weighted by Crippen LogP contribution is -2.46. The number of hydrogen-bond acceptors (Lipinski definition) is 7. The molecular formula is C21H25FN4O5S. The van der Waals surface area contributed by atoms with Crippen molar-refractivity contribution in [2.45, 2.75) is 11.4 Å². The number of piperazine rings is 1. The normalized spacial score (nSPS) is 18.6. The molecule has 0 atom stereocenters. The minimum Gasteiger partial charge on any atom is -0.379 e. The number of sulfonamides is 1. The Morgan fingerprint density at radius 3 is 2.34 bits per heavy atom. The zero-order valence-corrected chi connectivity index (χ0v) is 18.3. The molecule has 0 N–H and O–H groups in total. The predicted octanol–water partition coefficient (Wildman–Crippen LogP) is 2.08. The van der Waals surface area contributed by atoms with E-state index in [1.165, 1.54) is 22.5 Å². The summed E-state index contributed by atoms with van der Waals surface area (Å²) < 4.78 is 46.2. The number of benzene rings is 2. The maximum absolute atomic E-state index is 13.9. The fraction of sp³-hybridized carbons (Fsp3) is 0.429. The van der Waals surface area contributed by atoms with Crippen molar-refractivity contribution in [1.82, 2.24) is 9.21 Å². The highest BCUT2D eigenvalue weighted by Crippen LogP contribution is 2.32. The van der Waals surface area contributed by atoms with Crippen LogP contribution >= 0.6 is 0 Å². The number of nitro benzene ring substituents is 1. The molecule has 0 amide bonds. The van der Waals surface area contributed by atoms with Crippen LogP contribution < -0.4 is 4.90 Å². The molecule has 2 aromatic rings. The molecule has 0 bridgehead atoms. The number of nitrogens with zero attached hydrogens (tertiary/aromatic N) is 4. The molecule has 2 aromatic carbocycles. The molecule has 0 aromatic heterocycles. The maximum Gasteiger partial charge on any atom is 0.293 e. The maximum atomic E-state index is 13.9. The molecule has 0 saturated carbocycles. The van der Waals surface area contributed by atoms with Gasteiger partial charge in [-0.15, -0.1) is 0 Å². The van der Waals surface area contributed by atoms with Crippen LogP contribution in [0.1, 0.15) is 5.56 Å². The quantitative estimate of drug-likeness (QED) is 0.477. The van der Waals surface area contributed by atoms with Gasteiger partial charge in [-0.05, 0) is 18.2 Å². The highest BCUT2D eigenvalue weighted by atomic mass is 32.2. The van der Waals surface area contributed by atoms with E-state index in [2.05, 4.69) is 4.90 Å². The average molecular weight is 465 g/mol. The van der Waals surface area contributed by atoms with Gasteiger partial charge < -0.3 is 9.64 Å². The average Bonchev–Trinajstić information content (AvgIpc) is 2.81. The fourth-order valence-corrected chi connectivity index (χ4v) is 5.46. The Bertz CT molecular complexity index is 1080. The molecule has 0 radical (unpaired) electrons. The Morgan fingerprint density at radius 1 is 1.00 bits per heavy atom. The van der Waals surface area contributed by atoms with E-state index in [1.54, 1.807) is 18.2 Å². The monoisotopic (exact) mass is 464 g/mol. The number of halogens is 1. The Kier molecular flexibility index (Phi) is 6.70. The van der Waals surface area contributed by atoms with Crippen molar-refractivity contribution in [3.8, 4) is 0 Å². The number of ether oxygens (including phenoxy) is 1. The van der Waals surface area contributed by atoms with E-state index >= 15 is 0 Å². The molecule has 2 saturated heterocycles. The summed E-state index contributed by atoms with van der Waals surface area (Å²) in [5, 5.41) is 11.8. The minimum absolute atomic E-state index is 0.0898. The van der Waals surface area contributed by atoms with Crippen molar-refractivity contribution in [2.75, 3.05) is 57.4 Å². The van der Waals surface area contributed by atoms with Gasteiger partial charge in [0.05, 0.1) is 23.0 Å². The second kappa shape index (κ2) is 9.49. The summed E-state index contributed by atoms with van der Waals surface area (Å²) in [7, 11) is -3.83. The summed E-state index contributed by atoms with van der Waals surface area (Å²) >= 11 is 0. The van der Waals surface area contributed by atoms with Crippen molar-refractivity contribution in [3.05, 3.63) is 64.0 Å². The van der Waals surface area contributed by atoms with Gasteiger partial charge in [0, 0.05) is 57.4 Å². The molecule has 2 aliphatic rings. The van der Waals surface area contributed by atoms with Crippen molar-refractivity contribution >= 4 is 21.4 Å². The van der Waals surface area contributed by atoms with Gasteiger partial charge in [0.1, 0.15) is 11.5 Å². The highest BCUT2D eigenvalue weighted by Gasteiger charge is 2.30. The second-order valence-corrected chi connectivity index (χ2v) is 9.72. The van der Waals surface area contributed by atoms with Crippen LogP contribution in [0.3, 0.4) is 0 Å². The molecule has 2 heterocycles. The SMILES string of the molecule is O=[N+]([O-])c1cc(S(=O)(=O)N2CCOCC2)ccc1N1CCN(Cc2ccccc2F)CC1. The van der Waals surface area contributed by atoms with Crippen LogP contribution in [0, 0.1) is 15.9 Å². The van der Waals surface area contributed by atoms with Crippen LogP contribution in [0.15, 0.2) is 47.4 Å². The number of rotatable bonds is 6. The van der Waals surface area contributed by atoms with Gasteiger partial charge in [-0.1, -0.05) is 18.2 Å². The second-order valence-electron chi connectivity index (χ2n) is 7.78. The third-order valence-corrected chi connectivity index (χ3v) is 7.71. The molecule has 0 aliphatic carbocycles. The lowest BCUT2D eigenvalue weighted by atomic mass is 10.1. The van der Waals surface area contributed by atoms with Crippen LogP contribution in [-0.4, -0.2) is 75.0 Å². The van der Waals surface area contributed by atoms with E-state index in [9.17, 15) is 22.9 Å². The molecule has 172 valence electrons. The molecule has 2 aliphatic heterocycles. The third-order valence-electron chi connectivity index (χ3n) is 5.82. The van der Waals surface area contributed by atoms with Gasteiger partial charge in [0.25, 0.3) is 5.69 Å². The van der Waals surface area contributed by atoms with Crippen molar-refractivity contribution in [1.29, 1.82) is 0 Å². The van der Waals surface area contributed by atoms with E-state index in [0.717, 1.165) is 6.07 Å². The molecule has 2 fully saturated rings. The number of anilines is 1. The first kappa shape index (κ1) is 22.6. The van der Waals surface area contributed by atoms with Crippen molar-refractivity contribution in [2.24, 2.45) is 0 Å². The molecule has 9 nitrogen and oxygen atoms in total. The Morgan fingerprint density at radius 2 is 1.69 bits per heavy atom. The van der Waals surface area contributed by atoms with Crippen LogP contribution in [0.4, 0.5) is 15.8 Å².